The first kappa shape index (κ1) is 20.5. The molecule has 0 aliphatic heterocycles. The van der Waals surface area contributed by atoms with E-state index in [-0.39, 0.29) is 30.7 Å². The van der Waals surface area contributed by atoms with Gasteiger partial charge in [0, 0.05) is 25.0 Å². The van der Waals surface area contributed by atoms with Crippen LogP contribution in [-0.4, -0.2) is 39.3 Å². The number of hydrogen-bond donors (Lipinski definition) is 3. The van der Waals surface area contributed by atoms with Crippen LogP contribution in [-0.2, 0) is 16.1 Å². The fourth-order valence-corrected chi connectivity index (χ4v) is 2.56. The average molecular weight is 403 g/mol. The van der Waals surface area contributed by atoms with Crippen molar-refractivity contribution < 1.29 is 9.59 Å². The van der Waals surface area contributed by atoms with E-state index in [9.17, 15) is 9.59 Å². The van der Waals surface area contributed by atoms with Crippen molar-refractivity contribution in [3.63, 3.8) is 0 Å². The summed E-state index contributed by atoms with van der Waals surface area (Å²) in [7, 11) is 0. The highest BCUT2D eigenvalue weighted by Crippen LogP contribution is 2.14. The fourth-order valence-electron chi connectivity index (χ4n) is 2.56. The summed E-state index contributed by atoms with van der Waals surface area (Å²) in [5.74, 6) is 1.09. The van der Waals surface area contributed by atoms with Gasteiger partial charge in [0.15, 0.2) is 0 Å². The topological polar surface area (TPSA) is 125 Å². The van der Waals surface area contributed by atoms with Gasteiger partial charge in [0.2, 0.25) is 11.9 Å². The molecule has 0 fully saturated rings. The molecule has 0 aliphatic carbocycles. The lowest BCUT2D eigenvalue weighted by Crippen LogP contribution is -2.29. The van der Waals surface area contributed by atoms with Crippen molar-refractivity contribution >= 4 is 23.5 Å². The smallest absolute Gasteiger partial charge is 0.239 e. The Labute approximate surface area is 173 Å². The molecular formula is C21H21N7O2. The largest absolute Gasteiger partial charge is 0.361 e. The molecule has 0 unspecified atom stereocenters. The molecule has 152 valence electrons. The molecule has 2 aromatic heterocycles. The molecule has 0 atom stereocenters. The molecule has 0 saturated heterocycles. The van der Waals surface area contributed by atoms with E-state index in [1.165, 1.54) is 6.92 Å². The van der Waals surface area contributed by atoms with E-state index in [0.717, 1.165) is 5.56 Å². The van der Waals surface area contributed by atoms with Gasteiger partial charge in [-0.15, -0.1) is 0 Å². The molecule has 1 aromatic carbocycles. The number of Topliss-reactive ketones (excluding diaryl/α,β-unsaturated/α-hetero) is 1. The third kappa shape index (κ3) is 5.90. The SMILES string of the molecule is CC(=O)CNc1nc(NCC(=O)NCc2ccc(C#N)cc2)cc(-n2cccc2)n1. The van der Waals surface area contributed by atoms with Gasteiger partial charge in [-0.25, -0.2) is 0 Å². The van der Waals surface area contributed by atoms with Crippen LogP contribution < -0.4 is 16.0 Å². The number of benzene rings is 1. The van der Waals surface area contributed by atoms with Gasteiger partial charge in [-0.1, -0.05) is 12.1 Å². The maximum absolute atomic E-state index is 12.2. The summed E-state index contributed by atoms with van der Waals surface area (Å²) in [6, 6.07) is 14.5. The predicted octanol–water partition coefficient (Wildman–Crippen LogP) is 1.87. The fraction of sp³-hybridized carbons (Fsp3) is 0.190. The Kier molecular flexibility index (Phi) is 6.74. The minimum atomic E-state index is -0.210. The summed E-state index contributed by atoms with van der Waals surface area (Å²) in [4.78, 5) is 32.1. The Hall–Kier alpha value is -4.19. The van der Waals surface area contributed by atoms with Gasteiger partial charge >= 0.3 is 0 Å². The van der Waals surface area contributed by atoms with Crippen LogP contribution in [0, 0.1) is 11.3 Å². The first-order chi connectivity index (χ1) is 14.5. The van der Waals surface area contributed by atoms with Crippen LogP contribution in [0.4, 0.5) is 11.8 Å². The molecule has 3 aromatic rings. The summed E-state index contributed by atoms with van der Waals surface area (Å²) in [5, 5.41) is 17.5. The van der Waals surface area contributed by atoms with E-state index in [4.69, 9.17) is 5.26 Å². The normalized spacial score (nSPS) is 10.1. The molecule has 0 spiro atoms. The van der Waals surface area contributed by atoms with E-state index in [1.54, 1.807) is 34.9 Å². The molecule has 2 heterocycles. The van der Waals surface area contributed by atoms with Crippen molar-refractivity contribution in [2.45, 2.75) is 13.5 Å². The molecule has 3 N–H and O–H groups in total. The predicted molar refractivity (Wildman–Crippen MR) is 112 cm³/mol. The number of aromatic nitrogens is 3. The molecular weight excluding hydrogens is 382 g/mol. The Bertz CT molecular complexity index is 1050. The summed E-state index contributed by atoms with van der Waals surface area (Å²) in [5.41, 5.74) is 1.47. The highest BCUT2D eigenvalue weighted by molar-refractivity contribution is 5.81. The first-order valence-electron chi connectivity index (χ1n) is 9.29. The lowest BCUT2D eigenvalue weighted by atomic mass is 10.1. The van der Waals surface area contributed by atoms with E-state index in [0.29, 0.717) is 23.7 Å². The molecule has 0 aliphatic rings. The maximum Gasteiger partial charge on any atom is 0.239 e. The number of hydrogen-bond acceptors (Lipinski definition) is 7. The summed E-state index contributed by atoms with van der Waals surface area (Å²) >= 11 is 0. The van der Waals surface area contributed by atoms with Crippen LogP contribution in [0.5, 0.6) is 0 Å². The van der Waals surface area contributed by atoms with Crippen molar-refractivity contribution in [3.05, 3.63) is 66.0 Å². The van der Waals surface area contributed by atoms with E-state index in [2.05, 4.69) is 32.0 Å². The second kappa shape index (κ2) is 9.84. The minimum absolute atomic E-state index is 0.0184. The van der Waals surface area contributed by atoms with Crippen molar-refractivity contribution in [2.75, 3.05) is 23.7 Å². The van der Waals surface area contributed by atoms with Gasteiger partial charge in [-0.3, -0.25) is 9.59 Å². The van der Waals surface area contributed by atoms with Crippen LogP contribution >= 0.6 is 0 Å². The van der Waals surface area contributed by atoms with Crippen molar-refractivity contribution in [1.29, 1.82) is 5.26 Å². The zero-order valence-electron chi connectivity index (χ0n) is 16.4. The summed E-state index contributed by atoms with van der Waals surface area (Å²) < 4.78 is 1.80. The van der Waals surface area contributed by atoms with E-state index < -0.39 is 0 Å². The van der Waals surface area contributed by atoms with Crippen LogP contribution in [0.3, 0.4) is 0 Å². The Morgan fingerprint density at radius 1 is 1.07 bits per heavy atom. The number of ketones is 1. The Balaban J connectivity index is 1.62. The van der Waals surface area contributed by atoms with Gasteiger partial charge in [-0.05, 0) is 36.8 Å². The molecule has 0 saturated carbocycles. The van der Waals surface area contributed by atoms with E-state index in [1.807, 2.05) is 24.5 Å². The molecule has 0 radical (unpaired) electrons. The number of nitriles is 1. The highest BCUT2D eigenvalue weighted by Gasteiger charge is 2.08. The number of amides is 1. The number of carbonyl (C=O) groups is 2. The summed E-state index contributed by atoms with van der Waals surface area (Å²) in [6.45, 7) is 1.96. The van der Waals surface area contributed by atoms with Crippen molar-refractivity contribution in [3.8, 4) is 11.9 Å². The molecule has 9 heteroatoms. The van der Waals surface area contributed by atoms with Crippen molar-refractivity contribution in [2.24, 2.45) is 0 Å². The second-order valence-electron chi connectivity index (χ2n) is 6.52. The minimum Gasteiger partial charge on any atom is -0.361 e. The van der Waals surface area contributed by atoms with Gasteiger partial charge in [0.1, 0.15) is 17.4 Å². The van der Waals surface area contributed by atoms with Gasteiger partial charge in [-0.2, -0.15) is 15.2 Å². The first-order valence-corrected chi connectivity index (χ1v) is 9.29. The molecule has 3 rings (SSSR count). The standard InChI is InChI=1S/C21H21N7O2/c1-15(29)12-25-21-26-18(10-19(27-21)28-8-2-3-9-28)23-14-20(30)24-13-17-6-4-16(11-22)5-7-17/h2-10H,12-14H2,1H3,(H,24,30)(H2,23,25,26,27). The Morgan fingerprint density at radius 2 is 1.80 bits per heavy atom. The lowest BCUT2D eigenvalue weighted by Gasteiger charge is -2.11. The zero-order valence-corrected chi connectivity index (χ0v) is 16.4. The van der Waals surface area contributed by atoms with Gasteiger partial charge < -0.3 is 20.5 Å². The van der Waals surface area contributed by atoms with Crippen molar-refractivity contribution in [1.82, 2.24) is 19.9 Å². The van der Waals surface area contributed by atoms with Crippen LogP contribution in [0.2, 0.25) is 0 Å². The van der Waals surface area contributed by atoms with Gasteiger partial charge in [0.05, 0.1) is 24.7 Å². The van der Waals surface area contributed by atoms with E-state index >= 15 is 0 Å². The molecule has 0 bridgehead atoms. The number of carbonyl (C=O) groups excluding carboxylic acids is 2. The third-order valence-electron chi connectivity index (χ3n) is 4.08. The number of nitrogens with one attached hydrogen (secondary N) is 3. The highest BCUT2D eigenvalue weighted by atomic mass is 16.2. The monoisotopic (exact) mass is 403 g/mol. The number of anilines is 2. The molecule has 9 nitrogen and oxygen atoms in total. The zero-order chi connectivity index (χ0) is 21.3. The second-order valence-corrected chi connectivity index (χ2v) is 6.52. The number of rotatable bonds is 9. The molecule has 30 heavy (non-hydrogen) atoms. The van der Waals surface area contributed by atoms with Gasteiger partial charge in [0.25, 0.3) is 0 Å². The number of nitrogens with zero attached hydrogens (tertiary/aromatic N) is 4. The Morgan fingerprint density at radius 3 is 2.47 bits per heavy atom. The summed E-state index contributed by atoms with van der Waals surface area (Å²) in [6.07, 6.45) is 3.68. The van der Waals surface area contributed by atoms with Crippen LogP contribution in [0.25, 0.3) is 5.82 Å². The van der Waals surface area contributed by atoms with Crippen LogP contribution in [0.15, 0.2) is 54.9 Å². The maximum atomic E-state index is 12.2. The van der Waals surface area contributed by atoms with Crippen LogP contribution in [0.1, 0.15) is 18.1 Å². The average Bonchev–Trinajstić information content (AvgIpc) is 3.30. The lowest BCUT2D eigenvalue weighted by molar-refractivity contribution is -0.119. The molecule has 1 amide bonds. The quantitative estimate of drug-likeness (QED) is 0.498. The third-order valence-corrected chi connectivity index (χ3v) is 4.08.